The molecule has 1 aromatic rings. The first-order valence-electron chi connectivity index (χ1n) is 2.94. The summed E-state index contributed by atoms with van der Waals surface area (Å²) in [5.74, 6) is -2.76. The van der Waals surface area contributed by atoms with Gasteiger partial charge in [-0.3, -0.25) is 0 Å². The summed E-state index contributed by atoms with van der Waals surface area (Å²) >= 11 is 3.05. The molecule has 0 aliphatic heterocycles. The molecular weight excluding hydrogens is 212 g/mol. The van der Waals surface area contributed by atoms with Gasteiger partial charge in [0.15, 0.2) is 0 Å². The van der Waals surface area contributed by atoms with Crippen LogP contribution in [-0.4, -0.2) is 15.3 Å². The minimum atomic E-state index is -2.76. The number of hydrogen-bond acceptors (Lipinski definition) is 3. The first-order valence-corrected chi connectivity index (χ1v) is 3.73. The third kappa shape index (κ3) is 2.00. The molecule has 0 radical (unpaired) electrons. The molecule has 4 heteroatoms. The van der Waals surface area contributed by atoms with Crippen molar-refractivity contribution in [2.24, 2.45) is 0 Å². The van der Waals surface area contributed by atoms with Crippen molar-refractivity contribution < 1.29 is 15.3 Å². The van der Waals surface area contributed by atoms with E-state index in [2.05, 4.69) is 15.9 Å². The van der Waals surface area contributed by atoms with E-state index in [4.69, 9.17) is 15.3 Å². The Morgan fingerprint density at radius 2 is 1.64 bits per heavy atom. The highest BCUT2D eigenvalue weighted by atomic mass is 79.9. The lowest BCUT2D eigenvalue weighted by Crippen LogP contribution is -2.24. The molecule has 60 valence electrons. The fourth-order valence-electron chi connectivity index (χ4n) is 0.733. The third-order valence-corrected chi connectivity index (χ3v) is 1.93. The van der Waals surface area contributed by atoms with Crippen molar-refractivity contribution >= 4 is 15.9 Å². The maximum absolute atomic E-state index is 8.75. The number of aliphatic hydroxyl groups is 3. The average Bonchev–Trinajstić information content (AvgIpc) is 1.86. The summed E-state index contributed by atoms with van der Waals surface area (Å²) in [6.45, 7) is 0. The Morgan fingerprint density at radius 1 is 1.09 bits per heavy atom. The molecule has 0 bridgehead atoms. The maximum atomic E-state index is 8.75. The molecule has 0 atom stereocenters. The topological polar surface area (TPSA) is 60.7 Å². The van der Waals surface area contributed by atoms with Crippen molar-refractivity contribution in [1.29, 1.82) is 0 Å². The molecule has 3 N–H and O–H groups in total. The number of rotatable bonds is 1. The predicted molar refractivity (Wildman–Crippen MR) is 42.5 cm³/mol. The van der Waals surface area contributed by atoms with Crippen molar-refractivity contribution in [2.75, 3.05) is 0 Å². The second-order valence-electron chi connectivity index (χ2n) is 2.12. The summed E-state index contributed by atoms with van der Waals surface area (Å²) < 4.78 is 0.451. The minimum Gasteiger partial charge on any atom is -0.340 e. The standard InChI is InChI=1S/C7H7BrO3/c8-6-4-2-1-3-5(6)7(9,10)11/h1-4,9-11H. The molecule has 0 fully saturated rings. The Hall–Kier alpha value is -0.420. The van der Waals surface area contributed by atoms with Gasteiger partial charge in [-0.25, -0.2) is 0 Å². The van der Waals surface area contributed by atoms with Gasteiger partial charge in [0.25, 0.3) is 0 Å². The Labute approximate surface area is 72.0 Å². The van der Waals surface area contributed by atoms with E-state index in [0.29, 0.717) is 4.47 Å². The van der Waals surface area contributed by atoms with Crippen molar-refractivity contribution in [3.63, 3.8) is 0 Å². The number of benzene rings is 1. The summed E-state index contributed by atoms with van der Waals surface area (Å²) in [5.41, 5.74) is 0.0278. The smallest absolute Gasteiger partial charge is 0.305 e. The van der Waals surface area contributed by atoms with Crippen LogP contribution in [0.2, 0.25) is 0 Å². The van der Waals surface area contributed by atoms with Crippen LogP contribution >= 0.6 is 15.9 Å². The van der Waals surface area contributed by atoms with Crippen LogP contribution in [0.3, 0.4) is 0 Å². The molecule has 1 rings (SSSR count). The van der Waals surface area contributed by atoms with E-state index in [9.17, 15) is 0 Å². The van der Waals surface area contributed by atoms with E-state index < -0.39 is 5.97 Å². The Kier molecular flexibility index (Phi) is 2.29. The molecule has 0 aliphatic carbocycles. The van der Waals surface area contributed by atoms with Crippen molar-refractivity contribution in [3.05, 3.63) is 34.3 Å². The van der Waals surface area contributed by atoms with Gasteiger partial charge in [0, 0.05) is 4.47 Å². The molecule has 0 spiro atoms. The lowest BCUT2D eigenvalue weighted by Gasteiger charge is -2.15. The molecule has 1 aromatic carbocycles. The molecule has 0 saturated heterocycles. The van der Waals surface area contributed by atoms with Gasteiger partial charge in [0.1, 0.15) is 0 Å². The number of halogens is 1. The van der Waals surface area contributed by atoms with Crippen LogP contribution in [0.25, 0.3) is 0 Å². The van der Waals surface area contributed by atoms with Crippen molar-refractivity contribution in [2.45, 2.75) is 5.97 Å². The monoisotopic (exact) mass is 218 g/mol. The Bertz CT molecular complexity index is 254. The summed E-state index contributed by atoms with van der Waals surface area (Å²) in [6, 6.07) is 6.31. The highest BCUT2D eigenvalue weighted by Crippen LogP contribution is 2.23. The fourth-order valence-corrected chi connectivity index (χ4v) is 1.28. The first kappa shape index (κ1) is 8.67. The third-order valence-electron chi connectivity index (χ3n) is 1.24. The molecule has 0 aromatic heterocycles. The van der Waals surface area contributed by atoms with Crippen LogP contribution in [0.1, 0.15) is 5.56 Å². The van der Waals surface area contributed by atoms with E-state index >= 15 is 0 Å². The van der Waals surface area contributed by atoms with Gasteiger partial charge in [-0.2, -0.15) is 0 Å². The van der Waals surface area contributed by atoms with Gasteiger partial charge in [-0.15, -0.1) is 0 Å². The van der Waals surface area contributed by atoms with Crippen LogP contribution in [0, 0.1) is 0 Å². The van der Waals surface area contributed by atoms with Gasteiger partial charge in [0.05, 0.1) is 5.56 Å². The normalized spacial score (nSPS) is 11.6. The Balaban J connectivity index is 3.14. The molecule has 0 saturated carbocycles. The van der Waals surface area contributed by atoms with E-state index in [1.807, 2.05) is 0 Å². The molecule has 0 aliphatic rings. The van der Waals surface area contributed by atoms with Crippen LogP contribution in [0.4, 0.5) is 0 Å². The molecular formula is C7H7BrO3. The summed E-state index contributed by atoms with van der Waals surface area (Å²) in [5, 5.41) is 26.3. The Morgan fingerprint density at radius 3 is 2.00 bits per heavy atom. The SMILES string of the molecule is OC(O)(O)c1ccccc1Br. The van der Waals surface area contributed by atoms with Gasteiger partial charge >= 0.3 is 5.97 Å². The predicted octanol–water partition coefficient (Wildman–Crippen LogP) is 0.536. The summed E-state index contributed by atoms with van der Waals surface area (Å²) in [6.07, 6.45) is 0. The quantitative estimate of drug-likeness (QED) is 0.604. The molecule has 0 amide bonds. The van der Waals surface area contributed by atoms with Crippen molar-refractivity contribution in [1.82, 2.24) is 0 Å². The van der Waals surface area contributed by atoms with E-state index in [1.165, 1.54) is 6.07 Å². The second kappa shape index (κ2) is 2.91. The van der Waals surface area contributed by atoms with Gasteiger partial charge in [-0.1, -0.05) is 28.1 Å². The van der Waals surface area contributed by atoms with E-state index in [0.717, 1.165) is 0 Å². The zero-order valence-corrected chi connectivity index (χ0v) is 7.12. The maximum Gasteiger partial charge on any atom is 0.305 e. The molecule has 0 unspecified atom stereocenters. The zero-order chi connectivity index (χ0) is 8.48. The minimum absolute atomic E-state index is 0.0278. The number of hydrogen-bond donors (Lipinski definition) is 3. The highest BCUT2D eigenvalue weighted by Gasteiger charge is 2.23. The first-order chi connectivity index (χ1) is 5.02. The van der Waals surface area contributed by atoms with Gasteiger partial charge < -0.3 is 15.3 Å². The van der Waals surface area contributed by atoms with Gasteiger partial charge in [0.2, 0.25) is 0 Å². The summed E-state index contributed by atoms with van der Waals surface area (Å²) in [4.78, 5) is 0. The van der Waals surface area contributed by atoms with Crippen LogP contribution in [-0.2, 0) is 5.97 Å². The molecule has 11 heavy (non-hydrogen) atoms. The highest BCUT2D eigenvalue weighted by molar-refractivity contribution is 9.10. The van der Waals surface area contributed by atoms with Crippen LogP contribution < -0.4 is 0 Å². The van der Waals surface area contributed by atoms with Crippen LogP contribution in [0.5, 0.6) is 0 Å². The molecule has 3 nitrogen and oxygen atoms in total. The second-order valence-corrected chi connectivity index (χ2v) is 2.97. The largest absolute Gasteiger partial charge is 0.340 e. The summed E-state index contributed by atoms with van der Waals surface area (Å²) in [7, 11) is 0. The molecule has 0 heterocycles. The van der Waals surface area contributed by atoms with Gasteiger partial charge in [-0.05, 0) is 12.1 Å². The fraction of sp³-hybridized carbons (Fsp3) is 0.143. The van der Waals surface area contributed by atoms with Crippen molar-refractivity contribution in [3.8, 4) is 0 Å². The zero-order valence-electron chi connectivity index (χ0n) is 5.53. The van der Waals surface area contributed by atoms with E-state index in [1.54, 1.807) is 18.2 Å². The van der Waals surface area contributed by atoms with E-state index in [-0.39, 0.29) is 5.56 Å². The average molecular weight is 219 g/mol. The van der Waals surface area contributed by atoms with Crippen LogP contribution in [0.15, 0.2) is 28.7 Å². The lowest BCUT2D eigenvalue weighted by molar-refractivity contribution is -0.324. The lowest BCUT2D eigenvalue weighted by atomic mass is 10.2.